The van der Waals surface area contributed by atoms with Crippen LogP contribution < -0.4 is 10.6 Å². The van der Waals surface area contributed by atoms with Gasteiger partial charge in [0.25, 0.3) is 0 Å². The van der Waals surface area contributed by atoms with Crippen LogP contribution in [0.15, 0.2) is 30.3 Å². The molecule has 2 atom stereocenters. The lowest BCUT2D eigenvalue weighted by molar-refractivity contribution is 0.478. The Morgan fingerprint density at radius 1 is 1.19 bits per heavy atom. The minimum absolute atomic E-state index is 0.276. The summed E-state index contributed by atoms with van der Waals surface area (Å²) in [5.74, 6) is -0.276. The number of hydrogen-bond acceptors (Lipinski definition) is 4. The van der Waals surface area contributed by atoms with E-state index in [0.29, 0.717) is 23.2 Å². The van der Waals surface area contributed by atoms with E-state index in [2.05, 4.69) is 33.7 Å². The van der Waals surface area contributed by atoms with Crippen LogP contribution in [0.5, 0.6) is 0 Å². The van der Waals surface area contributed by atoms with E-state index < -0.39 is 0 Å². The molecule has 0 bridgehead atoms. The maximum Gasteiger partial charge on any atom is 0.131 e. The lowest BCUT2D eigenvalue weighted by atomic mass is 9.94. The first-order chi connectivity index (χ1) is 12.7. The second-order valence-corrected chi connectivity index (χ2v) is 7.51. The highest BCUT2D eigenvalue weighted by atomic mass is 19.1. The number of piperidine rings is 1. The van der Waals surface area contributed by atoms with Crippen LogP contribution in [0.25, 0.3) is 11.1 Å². The van der Waals surface area contributed by atoms with E-state index >= 15 is 0 Å². The number of anilines is 1. The molecule has 3 aliphatic rings. The highest BCUT2D eigenvalue weighted by Gasteiger charge is 2.44. The molecule has 0 radical (unpaired) electrons. The summed E-state index contributed by atoms with van der Waals surface area (Å²) in [4.78, 5) is 2.43. The molecule has 132 valence electrons. The topological polar surface area (TPSA) is 50.9 Å². The van der Waals surface area contributed by atoms with Gasteiger partial charge < -0.3 is 10.6 Å². The molecule has 3 heterocycles. The van der Waals surface area contributed by atoms with Gasteiger partial charge in [-0.15, -0.1) is 0 Å². The average Bonchev–Trinajstić information content (AvgIpc) is 3.35. The van der Waals surface area contributed by atoms with E-state index in [1.807, 2.05) is 0 Å². The van der Waals surface area contributed by atoms with Crippen molar-refractivity contribution in [2.45, 2.75) is 31.5 Å². The summed E-state index contributed by atoms with van der Waals surface area (Å²) in [6.45, 7) is 4.15. The normalized spacial score (nSPS) is 23.8. The molecule has 4 nitrogen and oxygen atoms in total. The zero-order valence-electron chi connectivity index (χ0n) is 14.6. The second-order valence-electron chi connectivity index (χ2n) is 7.51. The molecule has 26 heavy (non-hydrogen) atoms. The van der Waals surface area contributed by atoms with Crippen LogP contribution >= 0.6 is 0 Å². The van der Waals surface area contributed by atoms with Crippen molar-refractivity contribution in [2.75, 3.05) is 25.0 Å². The predicted molar refractivity (Wildman–Crippen MR) is 99.2 cm³/mol. The summed E-state index contributed by atoms with van der Waals surface area (Å²) in [6.07, 6.45) is 2.20. The molecule has 0 spiro atoms. The molecule has 0 saturated carbocycles. The highest BCUT2D eigenvalue weighted by Crippen LogP contribution is 2.49. The first kappa shape index (κ1) is 15.8. The molecule has 0 aromatic heterocycles. The van der Waals surface area contributed by atoms with Gasteiger partial charge in [0.2, 0.25) is 0 Å². The fourth-order valence-electron chi connectivity index (χ4n) is 4.30. The second kappa shape index (κ2) is 6.08. The fourth-order valence-corrected chi connectivity index (χ4v) is 4.30. The Labute approximate surface area is 152 Å². The minimum atomic E-state index is -0.276. The minimum Gasteiger partial charge on any atom is -0.382 e. The first-order valence-electron chi connectivity index (χ1n) is 9.31. The third-order valence-electron chi connectivity index (χ3n) is 5.82. The van der Waals surface area contributed by atoms with Gasteiger partial charge in [0, 0.05) is 36.4 Å². The van der Waals surface area contributed by atoms with Gasteiger partial charge in [-0.25, -0.2) is 4.39 Å². The fraction of sp³-hybridized carbons (Fsp3) is 0.381. The van der Waals surface area contributed by atoms with Gasteiger partial charge >= 0.3 is 0 Å². The summed E-state index contributed by atoms with van der Waals surface area (Å²) >= 11 is 0. The molecule has 0 amide bonds. The van der Waals surface area contributed by atoms with Crippen LogP contribution in [-0.2, 0) is 6.54 Å². The number of benzene rings is 2. The van der Waals surface area contributed by atoms with Gasteiger partial charge in [0.15, 0.2) is 0 Å². The number of nitriles is 1. The number of nitrogens with zero attached hydrogens (tertiary/aromatic N) is 2. The molecule has 2 aromatic carbocycles. The summed E-state index contributed by atoms with van der Waals surface area (Å²) in [5.41, 5.74) is 5.69. The average molecular weight is 348 g/mol. The third-order valence-corrected chi connectivity index (χ3v) is 5.82. The maximum absolute atomic E-state index is 14.5. The van der Waals surface area contributed by atoms with Crippen molar-refractivity contribution in [2.24, 2.45) is 0 Å². The summed E-state index contributed by atoms with van der Waals surface area (Å²) in [6, 6.07) is 11.8. The van der Waals surface area contributed by atoms with Gasteiger partial charge in [0.1, 0.15) is 5.82 Å². The van der Waals surface area contributed by atoms with Crippen molar-refractivity contribution >= 4 is 5.69 Å². The Hall–Kier alpha value is -2.42. The quantitative estimate of drug-likeness (QED) is 0.835. The molecular formula is C21H21FN4. The van der Waals surface area contributed by atoms with E-state index in [-0.39, 0.29) is 5.82 Å². The zero-order valence-corrected chi connectivity index (χ0v) is 14.6. The van der Waals surface area contributed by atoms with Gasteiger partial charge in [-0.2, -0.15) is 5.26 Å². The van der Waals surface area contributed by atoms with E-state index in [1.54, 1.807) is 6.07 Å². The van der Waals surface area contributed by atoms with Crippen LogP contribution in [-0.4, -0.2) is 30.6 Å². The van der Waals surface area contributed by atoms with Crippen molar-refractivity contribution in [3.63, 3.8) is 0 Å². The van der Waals surface area contributed by atoms with Crippen LogP contribution in [0, 0.1) is 17.1 Å². The van der Waals surface area contributed by atoms with Crippen molar-refractivity contribution in [3.05, 3.63) is 52.8 Å². The van der Waals surface area contributed by atoms with E-state index in [1.165, 1.54) is 23.3 Å². The Balaban J connectivity index is 1.58. The zero-order chi connectivity index (χ0) is 17.7. The van der Waals surface area contributed by atoms with Crippen molar-refractivity contribution in [3.8, 4) is 17.2 Å². The van der Waals surface area contributed by atoms with Crippen LogP contribution in [0.2, 0.25) is 0 Å². The first-order valence-corrected chi connectivity index (χ1v) is 9.31. The Bertz CT molecular complexity index is 911. The van der Waals surface area contributed by atoms with Crippen LogP contribution in [0.1, 0.15) is 35.6 Å². The molecule has 0 aliphatic carbocycles. The van der Waals surface area contributed by atoms with Crippen molar-refractivity contribution in [1.82, 2.24) is 10.2 Å². The van der Waals surface area contributed by atoms with Gasteiger partial charge in [-0.3, -0.25) is 4.90 Å². The lowest BCUT2D eigenvalue weighted by Crippen LogP contribution is -2.35. The van der Waals surface area contributed by atoms with Crippen molar-refractivity contribution in [1.29, 1.82) is 5.26 Å². The van der Waals surface area contributed by atoms with Crippen LogP contribution in [0.3, 0.4) is 0 Å². The maximum atomic E-state index is 14.5. The Morgan fingerprint density at radius 3 is 2.85 bits per heavy atom. The standard InChI is InChI=1S/C21H21FN4/c22-19-2-1-13(10-23)7-16(19)14-8-17-18(11-26-12-21(17)26)20(9-14)25-15-3-5-24-6-4-15/h1-2,7-9,15,21,24-25H,3-6,11-12H2/t21?,26-/m1/s1. The Morgan fingerprint density at radius 2 is 2.04 bits per heavy atom. The molecular weight excluding hydrogens is 327 g/mol. The van der Waals surface area contributed by atoms with Crippen LogP contribution in [0.4, 0.5) is 10.1 Å². The highest BCUT2D eigenvalue weighted by molar-refractivity contribution is 5.75. The number of rotatable bonds is 3. The van der Waals surface area contributed by atoms with E-state index in [9.17, 15) is 9.65 Å². The molecule has 5 rings (SSSR count). The molecule has 5 heteroatoms. The molecule has 1 unspecified atom stereocenters. The number of halogens is 1. The summed E-state index contributed by atoms with van der Waals surface area (Å²) in [5, 5.41) is 16.3. The molecule has 2 aromatic rings. The molecule has 2 fully saturated rings. The number of hydrogen-bond donors (Lipinski definition) is 2. The smallest absolute Gasteiger partial charge is 0.131 e. The monoisotopic (exact) mass is 348 g/mol. The van der Waals surface area contributed by atoms with Gasteiger partial charge in [0.05, 0.1) is 11.6 Å². The van der Waals surface area contributed by atoms with E-state index in [4.69, 9.17) is 0 Å². The number of nitrogens with one attached hydrogen (secondary N) is 2. The predicted octanol–water partition coefficient (Wildman–Crippen LogP) is 3.40. The lowest BCUT2D eigenvalue weighted by Gasteiger charge is -2.26. The molecule has 2 N–H and O–H groups in total. The number of fused-ring (bicyclic) bond motifs is 3. The summed E-state index contributed by atoms with van der Waals surface area (Å²) < 4.78 is 14.5. The van der Waals surface area contributed by atoms with Crippen molar-refractivity contribution < 1.29 is 4.39 Å². The third kappa shape index (κ3) is 2.66. The Kier molecular flexibility index (Phi) is 3.70. The molecule has 2 saturated heterocycles. The largest absolute Gasteiger partial charge is 0.382 e. The SMILES string of the molecule is N#Cc1ccc(F)c(-c2cc(NC3CCNCC3)c3c(c2)C2C[N@@]2C3)c1. The van der Waals surface area contributed by atoms with Gasteiger partial charge in [-0.05, 0) is 73.0 Å². The summed E-state index contributed by atoms with van der Waals surface area (Å²) in [7, 11) is 0. The molecule has 3 aliphatic heterocycles. The van der Waals surface area contributed by atoms with E-state index in [0.717, 1.165) is 50.3 Å². The van der Waals surface area contributed by atoms with Gasteiger partial charge in [-0.1, -0.05) is 0 Å².